The quantitative estimate of drug-likeness (QED) is 0.871. The van der Waals surface area contributed by atoms with Gasteiger partial charge in [-0.2, -0.15) is 0 Å². The van der Waals surface area contributed by atoms with Gasteiger partial charge in [-0.1, -0.05) is 25.3 Å². The molecule has 1 aliphatic heterocycles. The van der Waals surface area contributed by atoms with Gasteiger partial charge in [0.2, 0.25) is 0 Å². The molecule has 120 valence electrons. The Morgan fingerprint density at radius 2 is 1.68 bits per heavy atom. The van der Waals surface area contributed by atoms with Crippen molar-refractivity contribution in [1.29, 1.82) is 0 Å². The molecule has 4 nitrogen and oxygen atoms in total. The number of aromatic nitrogens is 1. The molecule has 5 heteroatoms. The van der Waals surface area contributed by atoms with E-state index < -0.39 is 7.12 Å². The van der Waals surface area contributed by atoms with Crippen LogP contribution in [0, 0.1) is 0 Å². The average molecular weight is 302 g/mol. The molecule has 1 N–H and O–H groups in total. The van der Waals surface area contributed by atoms with E-state index in [0.717, 1.165) is 11.4 Å². The number of pyridine rings is 1. The third kappa shape index (κ3) is 3.16. The van der Waals surface area contributed by atoms with Crippen molar-refractivity contribution in [2.24, 2.45) is 0 Å². The summed E-state index contributed by atoms with van der Waals surface area (Å²) < 4.78 is 12.2. The van der Waals surface area contributed by atoms with Crippen LogP contribution in [0.25, 0.3) is 0 Å². The van der Waals surface area contributed by atoms with Crippen LogP contribution in [0.4, 0.5) is 5.82 Å². The molecular formula is C17H27BN2O2. The molecule has 1 aromatic heterocycles. The number of nitrogens with one attached hydrogen (secondary N) is 1. The fourth-order valence-corrected chi connectivity index (χ4v) is 3.08. The fraction of sp³-hybridized carbons (Fsp3) is 0.706. The van der Waals surface area contributed by atoms with Gasteiger partial charge in [0.15, 0.2) is 0 Å². The van der Waals surface area contributed by atoms with Gasteiger partial charge < -0.3 is 14.6 Å². The number of rotatable bonds is 3. The highest BCUT2D eigenvalue weighted by molar-refractivity contribution is 6.61. The highest BCUT2D eigenvalue weighted by Crippen LogP contribution is 2.36. The van der Waals surface area contributed by atoms with Crippen LogP contribution in [0.2, 0.25) is 0 Å². The molecule has 2 aliphatic rings. The second-order valence-electron chi connectivity index (χ2n) is 7.52. The summed E-state index contributed by atoms with van der Waals surface area (Å²) in [6.07, 6.45) is 6.47. The predicted molar refractivity (Wildman–Crippen MR) is 90.4 cm³/mol. The lowest BCUT2D eigenvalue weighted by atomic mass is 9.84. The second kappa shape index (κ2) is 5.86. The van der Waals surface area contributed by atoms with Crippen LogP contribution in [0.1, 0.15) is 59.8 Å². The molecule has 0 radical (unpaired) electrons. The van der Waals surface area contributed by atoms with Crippen molar-refractivity contribution in [2.75, 3.05) is 5.32 Å². The van der Waals surface area contributed by atoms with Crippen LogP contribution >= 0.6 is 0 Å². The maximum absolute atomic E-state index is 6.08. The van der Waals surface area contributed by atoms with Crippen LogP contribution in [-0.2, 0) is 9.31 Å². The minimum absolute atomic E-state index is 0.327. The van der Waals surface area contributed by atoms with Crippen molar-refractivity contribution < 1.29 is 9.31 Å². The summed E-state index contributed by atoms with van der Waals surface area (Å²) in [5.41, 5.74) is 0.192. The first kappa shape index (κ1) is 15.8. The molecule has 0 atom stereocenters. The van der Waals surface area contributed by atoms with Gasteiger partial charge in [0.25, 0.3) is 0 Å². The van der Waals surface area contributed by atoms with Gasteiger partial charge in [-0.05, 0) is 52.7 Å². The normalized spacial score (nSPS) is 24.5. The van der Waals surface area contributed by atoms with Crippen molar-refractivity contribution >= 4 is 18.5 Å². The number of hydrogen-bond donors (Lipinski definition) is 1. The number of nitrogens with zero attached hydrogens (tertiary/aromatic N) is 1. The summed E-state index contributed by atoms with van der Waals surface area (Å²) in [4.78, 5) is 4.72. The molecule has 1 saturated heterocycles. The lowest BCUT2D eigenvalue weighted by molar-refractivity contribution is 0.00578. The lowest BCUT2D eigenvalue weighted by Gasteiger charge is -2.32. The molecule has 1 saturated carbocycles. The van der Waals surface area contributed by atoms with Gasteiger partial charge in [-0.15, -0.1) is 0 Å². The summed E-state index contributed by atoms with van der Waals surface area (Å²) in [6.45, 7) is 8.27. The Bertz CT molecular complexity index is 511. The molecule has 0 unspecified atom stereocenters. The third-order valence-corrected chi connectivity index (χ3v) is 5.22. The summed E-state index contributed by atoms with van der Waals surface area (Å²) in [7, 11) is -0.391. The molecule has 2 heterocycles. The van der Waals surface area contributed by atoms with Crippen LogP contribution in [0.15, 0.2) is 18.2 Å². The standard InChI is InChI=1S/C17H27BN2O2/c1-16(2)17(3,4)22-18(21-16)14-11-8-12-15(20-14)19-13-9-6-5-7-10-13/h8,11-13H,5-7,9-10H2,1-4H3,(H,19,20). The maximum atomic E-state index is 6.08. The zero-order valence-corrected chi connectivity index (χ0v) is 14.2. The van der Waals surface area contributed by atoms with E-state index in [1.54, 1.807) is 0 Å². The van der Waals surface area contributed by atoms with Gasteiger partial charge in [0.05, 0.1) is 16.8 Å². The molecule has 2 fully saturated rings. The highest BCUT2D eigenvalue weighted by Gasteiger charge is 2.52. The minimum atomic E-state index is -0.391. The van der Waals surface area contributed by atoms with E-state index in [2.05, 4.69) is 33.0 Å². The van der Waals surface area contributed by atoms with Gasteiger partial charge in [0.1, 0.15) is 5.82 Å². The molecule has 1 aromatic rings. The van der Waals surface area contributed by atoms with Crippen molar-refractivity contribution in [3.05, 3.63) is 18.2 Å². The SMILES string of the molecule is CC1(C)OB(c2cccc(NC3CCCCC3)n2)OC1(C)C. The summed E-state index contributed by atoms with van der Waals surface area (Å²) in [5, 5.41) is 3.56. The van der Waals surface area contributed by atoms with E-state index in [9.17, 15) is 0 Å². The fourth-order valence-electron chi connectivity index (χ4n) is 3.08. The zero-order chi connectivity index (χ0) is 15.8. The first-order valence-electron chi connectivity index (χ1n) is 8.46. The topological polar surface area (TPSA) is 43.4 Å². The van der Waals surface area contributed by atoms with Crippen molar-refractivity contribution in [1.82, 2.24) is 4.98 Å². The molecular weight excluding hydrogens is 275 g/mol. The molecule has 0 aromatic carbocycles. The Kier molecular flexibility index (Phi) is 4.21. The van der Waals surface area contributed by atoms with E-state index in [0.29, 0.717) is 6.04 Å². The molecule has 0 bridgehead atoms. The molecule has 1 aliphatic carbocycles. The van der Waals surface area contributed by atoms with Gasteiger partial charge in [-0.25, -0.2) is 4.98 Å². The first-order chi connectivity index (χ1) is 10.4. The number of hydrogen-bond acceptors (Lipinski definition) is 4. The zero-order valence-electron chi connectivity index (χ0n) is 14.2. The molecule has 3 rings (SSSR count). The lowest BCUT2D eigenvalue weighted by Crippen LogP contribution is -2.41. The monoisotopic (exact) mass is 302 g/mol. The van der Waals surface area contributed by atoms with E-state index in [4.69, 9.17) is 14.3 Å². The van der Waals surface area contributed by atoms with Crippen molar-refractivity contribution in [3.8, 4) is 0 Å². The third-order valence-electron chi connectivity index (χ3n) is 5.22. The van der Waals surface area contributed by atoms with E-state index in [1.165, 1.54) is 32.1 Å². The van der Waals surface area contributed by atoms with Crippen LogP contribution in [0.3, 0.4) is 0 Å². The first-order valence-corrected chi connectivity index (χ1v) is 8.46. The average Bonchev–Trinajstić information content (AvgIpc) is 2.69. The van der Waals surface area contributed by atoms with Crippen LogP contribution < -0.4 is 10.9 Å². The Morgan fingerprint density at radius 1 is 1.05 bits per heavy atom. The summed E-state index contributed by atoms with van der Waals surface area (Å²) in [5.74, 6) is 0.930. The second-order valence-corrected chi connectivity index (χ2v) is 7.52. The largest absolute Gasteiger partial charge is 0.514 e. The molecule has 0 amide bonds. The smallest absolute Gasteiger partial charge is 0.398 e. The Labute approximate surface area is 134 Å². The molecule has 22 heavy (non-hydrogen) atoms. The van der Waals surface area contributed by atoms with Gasteiger partial charge in [0, 0.05) is 6.04 Å². The minimum Gasteiger partial charge on any atom is -0.398 e. The van der Waals surface area contributed by atoms with Gasteiger partial charge in [-0.3, -0.25) is 0 Å². The Balaban J connectivity index is 1.72. The van der Waals surface area contributed by atoms with Crippen molar-refractivity contribution in [3.63, 3.8) is 0 Å². The Morgan fingerprint density at radius 3 is 2.32 bits per heavy atom. The van der Waals surface area contributed by atoms with E-state index in [1.807, 2.05) is 18.2 Å². The number of anilines is 1. The van der Waals surface area contributed by atoms with Crippen LogP contribution in [-0.4, -0.2) is 29.3 Å². The summed E-state index contributed by atoms with van der Waals surface area (Å²) >= 11 is 0. The van der Waals surface area contributed by atoms with Crippen molar-refractivity contribution in [2.45, 2.75) is 77.0 Å². The van der Waals surface area contributed by atoms with Gasteiger partial charge >= 0.3 is 7.12 Å². The van der Waals surface area contributed by atoms with E-state index in [-0.39, 0.29) is 11.2 Å². The molecule has 0 spiro atoms. The Hall–Kier alpha value is -1.07. The van der Waals surface area contributed by atoms with E-state index >= 15 is 0 Å². The van der Waals surface area contributed by atoms with Crippen LogP contribution in [0.5, 0.6) is 0 Å². The summed E-state index contributed by atoms with van der Waals surface area (Å²) in [6, 6.07) is 6.59. The highest BCUT2D eigenvalue weighted by atomic mass is 16.7. The predicted octanol–water partition coefficient (Wildman–Crippen LogP) is 3.13. The maximum Gasteiger partial charge on any atom is 0.514 e.